The minimum absolute atomic E-state index is 0.0221. The molecular weight excluding hydrogens is 471 g/mol. The van der Waals surface area contributed by atoms with Crippen molar-refractivity contribution in [3.8, 4) is 0 Å². The van der Waals surface area contributed by atoms with Crippen molar-refractivity contribution < 1.29 is 33.0 Å². The molecule has 0 amide bonds. The van der Waals surface area contributed by atoms with Crippen LogP contribution in [0.1, 0.15) is 50.1 Å². The Morgan fingerprint density at radius 3 is 2.89 bits per heavy atom. The molecule has 5 rings (SSSR count). The van der Waals surface area contributed by atoms with Gasteiger partial charge in [0.25, 0.3) is 0 Å². The highest BCUT2D eigenvalue weighted by atomic mass is 32.2. The van der Waals surface area contributed by atoms with Gasteiger partial charge in [-0.15, -0.1) is 0 Å². The highest BCUT2D eigenvalue weighted by Crippen LogP contribution is 2.67. The van der Waals surface area contributed by atoms with Gasteiger partial charge in [0.05, 0.1) is 19.0 Å². The first-order chi connectivity index (χ1) is 16.7. The van der Waals surface area contributed by atoms with Crippen LogP contribution < -0.4 is 0 Å². The first-order valence-corrected chi connectivity index (χ1v) is 13.3. The molecule has 8 heteroatoms. The van der Waals surface area contributed by atoms with E-state index in [-0.39, 0.29) is 53.4 Å². The van der Waals surface area contributed by atoms with Gasteiger partial charge in [-0.2, -0.15) is 0 Å². The van der Waals surface area contributed by atoms with Crippen LogP contribution in [0.2, 0.25) is 0 Å². The number of rotatable bonds is 5. The number of fused-ring (bicyclic) bond motifs is 5. The molecule has 3 fully saturated rings. The molecule has 0 aromatic carbocycles. The summed E-state index contributed by atoms with van der Waals surface area (Å²) in [6, 6.07) is 2.31. The third kappa shape index (κ3) is 3.84. The number of carbonyl (C=O) groups is 3. The van der Waals surface area contributed by atoms with Gasteiger partial charge in [0.1, 0.15) is 6.01 Å². The summed E-state index contributed by atoms with van der Waals surface area (Å²) in [5.41, 5.74) is -0.173. The highest BCUT2D eigenvalue weighted by Gasteiger charge is 2.66. The van der Waals surface area contributed by atoms with Gasteiger partial charge in [0, 0.05) is 22.7 Å². The lowest BCUT2D eigenvalue weighted by atomic mass is 9.46. The minimum atomic E-state index is -0.811. The molecule has 0 spiro atoms. The van der Waals surface area contributed by atoms with Gasteiger partial charge in [0.15, 0.2) is 10.9 Å². The number of aliphatic hydroxyl groups excluding tert-OH is 1. The number of ketones is 1. The van der Waals surface area contributed by atoms with E-state index in [0.29, 0.717) is 11.8 Å². The largest absolute Gasteiger partial charge is 0.459 e. The minimum Gasteiger partial charge on any atom is -0.459 e. The summed E-state index contributed by atoms with van der Waals surface area (Å²) in [5.74, 6) is -1.13. The average molecular weight is 503 g/mol. The number of allylic oxidation sites excluding steroid dienone is 4. The van der Waals surface area contributed by atoms with Crippen molar-refractivity contribution in [2.45, 2.75) is 45.6 Å². The molecule has 4 aliphatic rings. The number of halogens is 1. The second-order valence-corrected chi connectivity index (χ2v) is 11.8. The van der Waals surface area contributed by atoms with Crippen LogP contribution in [0.3, 0.4) is 0 Å². The van der Waals surface area contributed by atoms with Crippen molar-refractivity contribution in [1.29, 1.82) is 0 Å². The molecule has 3 saturated carbocycles. The second-order valence-electron chi connectivity index (χ2n) is 10.8. The summed E-state index contributed by atoms with van der Waals surface area (Å²) in [6.07, 6.45) is 8.42. The first kappa shape index (κ1) is 24.5. The zero-order chi connectivity index (χ0) is 25.0. The Morgan fingerprint density at radius 2 is 2.17 bits per heavy atom. The molecule has 4 aliphatic carbocycles. The topological polar surface area (TPSA) is 93.8 Å². The molecule has 0 aliphatic heterocycles. The highest BCUT2D eigenvalue weighted by molar-refractivity contribution is 8.13. The smallest absolute Gasteiger partial charge is 0.374 e. The fourth-order valence-electron chi connectivity index (χ4n) is 7.98. The van der Waals surface area contributed by atoms with Crippen LogP contribution in [0.15, 0.2) is 46.6 Å². The van der Waals surface area contributed by atoms with Gasteiger partial charge in [-0.25, -0.2) is 9.18 Å². The molecule has 6 nitrogen and oxygen atoms in total. The Bertz CT molecular complexity index is 1080. The lowest BCUT2D eigenvalue weighted by Gasteiger charge is -2.59. The van der Waals surface area contributed by atoms with Gasteiger partial charge in [-0.1, -0.05) is 37.3 Å². The molecular formula is C27H31FO6S. The summed E-state index contributed by atoms with van der Waals surface area (Å²) in [6.45, 7) is 4.07. The number of carbonyl (C=O) groups excluding carboxylic acids is 3. The van der Waals surface area contributed by atoms with Crippen LogP contribution >= 0.6 is 11.8 Å². The number of aliphatic hydroxyl groups is 1. The van der Waals surface area contributed by atoms with Crippen LogP contribution in [0.25, 0.3) is 0 Å². The lowest BCUT2D eigenvalue weighted by Crippen LogP contribution is -2.58. The molecule has 0 unspecified atom stereocenters. The van der Waals surface area contributed by atoms with Crippen molar-refractivity contribution in [2.75, 3.05) is 12.6 Å². The van der Waals surface area contributed by atoms with E-state index < -0.39 is 34.8 Å². The van der Waals surface area contributed by atoms with E-state index in [9.17, 15) is 23.9 Å². The zero-order valence-corrected chi connectivity index (χ0v) is 20.8. The van der Waals surface area contributed by atoms with Crippen molar-refractivity contribution >= 4 is 28.6 Å². The molecule has 8 atom stereocenters. The molecule has 1 aromatic rings. The van der Waals surface area contributed by atoms with Crippen molar-refractivity contribution in [3.05, 3.63) is 48.0 Å². The third-order valence-corrected chi connectivity index (χ3v) is 9.87. The van der Waals surface area contributed by atoms with E-state index in [1.54, 1.807) is 18.2 Å². The zero-order valence-electron chi connectivity index (χ0n) is 19.9. The van der Waals surface area contributed by atoms with E-state index in [0.717, 1.165) is 24.8 Å². The number of alkyl halides is 1. The van der Waals surface area contributed by atoms with E-state index >= 15 is 0 Å². The SMILES string of the molecule is C[C@@H]1C[C@H]2[C@@H]3CCC4=CC(=O)C=C[C@]4(C)[C@H]3[C@@H](O)C[C@]2(COC(=O)c2ccco2)[C@H]1C(=O)SCF. The van der Waals surface area contributed by atoms with Gasteiger partial charge >= 0.3 is 5.97 Å². The van der Waals surface area contributed by atoms with E-state index in [1.165, 1.54) is 12.3 Å². The predicted molar refractivity (Wildman–Crippen MR) is 128 cm³/mol. The maximum Gasteiger partial charge on any atom is 0.374 e. The van der Waals surface area contributed by atoms with Crippen molar-refractivity contribution in [1.82, 2.24) is 0 Å². The summed E-state index contributed by atoms with van der Waals surface area (Å²) >= 11 is 0.663. The molecule has 188 valence electrons. The standard InChI is InChI=1S/C27H31FO6S/c1-15-10-19-18-6-5-16-11-17(29)7-8-26(16,2)23(18)20(30)12-27(19,22(15)25(32)35-14-28)13-34-24(31)21-4-3-9-33-21/h3-4,7-9,11,15,18-20,22-23,30H,5-6,10,12-14H2,1-2H3/t15-,18+,19+,20+,22-,23-,26+,27-/m1/s1. The average Bonchev–Trinajstić information content (AvgIpc) is 3.44. The van der Waals surface area contributed by atoms with E-state index in [4.69, 9.17) is 9.15 Å². The van der Waals surface area contributed by atoms with Gasteiger partial charge < -0.3 is 14.3 Å². The molecule has 1 N–H and O–H groups in total. The normalized spacial score (nSPS) is 39.9. The van der Waals surface area contributed by atoms with Crippen LogP contribution in [0.5, 0.6) is 0 Å². The number of ether oxygens (including phenoxy) is 1. The Balaban J connectivity index is 1.52. The number of esters is 1. The monoisotopic (exact) mass is 502 g/mol. The number of hydrogen-bond donors (Lipinski definition) is 1. The maximum atomic E-state index is 13.2. The Hall–Kier alpha value is -2.19. The molecule has 0 saturated heterocycles. The van der Waals surface area contributed by atoms with Crippen LogP contribution in [-0.4, -0.2) is 40.7 Å². The lowest BCUT2D eigenvalue weighted by molar-refractivity contribution is -0.148. The number of furan rings is 1. The van der Waals surface area contributed by atoms with Crippen molar-refractivity contribution in [3.63, 3.8) is 0 Å². The van der Waals surface area contributed by atoms with E-state index in [2.05, 4.69) is 6.92 Å². The quantitative estimate of drug-likeness (QED) is 0.581. The summed E-state index contributed by atoms with van der Waals surface area (Å²) in [5, 5.41) is 11.4. The van der Waals surface area contributed by atoms with Crippen molar-refractivity contribution in [2.24, 2.45) is 40.4 Å². The van der Waals surface area contributed by atoms with Crippen LogP contribution in [-0.2, 0) is 14.3 Å². The Morgan fingerprint density at radius 1 is 1.37 bits per heavy atom. The molecule has 35 heavy (non-hydrogen) atoms. The fraction of sp³-hybridized carbons (Fsp3) is 0.593. The molecule has 1 aromatic heterocycles. The summed E-state index contributed by atoms with van der Waals surface area (Å²) in [4.78, 5) is 37.9. The molecule has 0 radical (unpaired) electrons. The predicted octanol–water partition coefficient (Wildman–Crippen LogP) is 4.74. The fourth-order valence-corrected chi connectivity index (χ4v) is 8.74. The maximum absolute atomic E-state index is 13.2. The number of hydrogen-bond acceptors (Lipinski definition) is 7. The van der Waals surface area contributed by atoms with E-state index in [1.807, 2.05) is 13.0 Å². The van der Waals surface area contributed by atoms with Crippen LogP contribution in [0.4, 0.5) is 4.39 Å². The second kappa shape index (κ2) is 9.04. The number of thioether (sulfide) groups is 1. The Labute approximate surface area is 208 Å². The summed E-state index contributed by atoms with van der Waals surface area (Å²) < 4.78 is 24.2. The van der Waals surface area contributed by atoms with Gasteiger partial charge in [-0.3, -0.25) is 9.59 Å². The first-order valence-electron chi connectivity index (χ1n) is 12.3. The molecule has 0 bridgehead atoms. The van der Waals surface area contributed by atoms with Crippen LogP contribution in [0, 0.1) is 40.4 Å². The summed E-state index contributed by atoms with van der Waals surface area (Å²) in [7, 11) is 0. The van der Waals surface area contributed by atoms with Gasteiger partial charge in [0.2, 0.25) is 5.76 Å². The Kier molecular flexibility index (Phi) is 6.33. The third-order valence-electron chi connectivity index (χ3n) is 9.22. The molecule has 1 heterocycles. The van der Waals surface area contributed by atoms with Gasteiger partial charge in [-0.05, 0) is 67.7 Å².